The van der Waals surface area contributed by atoms with E-state index < -0.39 is 6.09 Å². The number of aromatic nitrogens is 1. The summed E-state index contributed by atoms with van der Waals surface area (Å²) in [5.74, 6) is 0.417. The van der Waals surface area contributed by atoms with Gasteiger partial charge in [0.15, 0.2) is 0 Å². The van der Waals surface area contributed by atoms with E-state index in [-0.39, 0.29) is 0 Å². The van der Waals surface area contributed by atoms with Crippen molar-refractivity contribution in [2.45, 2.75) is 39.5 Å². The second-order valence-electron chi connectivity index (χ2n) is 7.24. The summed E-state index contributed by atoms with van der Waals surface area (Å²) >= 11 is 7.84. The maximum atomic E-state index is 12.2. The van der Waals surface area contributed by atoms with Gasteiger partial charge in [0.2, 0.25) is 0 Å². The third-order valence-electron chi connectivity index (χ3n) is 5.01. The molecule has 1 N–H and O–H groups in total. The van der Waals surface area contributed by atoms with Crippen molar-refractivity contribution in [3.05, 3.63) is 58.9 Å². The van der Waals surface area contributed by atoms with Gasteiger partial charge in [-0.1, -0.05) is 75.0 Å². The second kappa shape index (κ2) is 11.1. The molecule has 1 heterocycles. The molecule has 0 bridgehead atoms. The van der Waals surface area contributed by atoms with Crippen LogP contribution in [0.2, 0.25) is 5.02 Å². The first-order valence-electron chi connectivity index (χ1n) is 10.3. The van der Waals surface area contributed by atoms with Crippen LogP contribution in [0.5, 0.6) is 0 Å². The molecular weight excluding hydrogens is 416 g/mol. The fourth-order valence-electron chi connectivity index (χ4n) is 3.17. The van der Waals surface area contributed by atoms with E-state index in [4.69, 9.17) is 21.3 Å². The zero-order chi connectivity index (χ0) is 21.3. The standard InChI is InChI=1S/C24H27ClN2O2S/c1-3-5-9-17(4-2)15-29-24(28)26-19-11-8-10-18(14-19)22-16-30-23(27-22)20-12-6-7-13-21(20)25/h6-8,10-14,16-17H,3-5,9,15H2,1-2H3,(H,26,28). The Morgan fingerprint density at radius 3 is 2.80 bits per heavy atom. The number of rotatable bonds is 9. The van der Waals surface area contributed by atoms with E-state index in [1.165, 1.54) is 0 Å². The van der Waals surface area contributed by atoms with Crippen LogP contribution < -0.4 is 5.32 Å². The second-order valence-corrected chi connectivity index (χ2v) is 8.50. The van der Waals surface area contributed by atoms with Gasteiger partial charge in [0, 0.05) is 22.2 Å². The van der Waals surface area contributed by atoms with Gasteiger partial charge < -0.3 is 4.74 Å². The zero-order valence-electron chi connectivity index (χ0n) is 17.4. The molecule has 3 aromatic rings. The quantitative estimate of drug-likeness (QED) is 0.366. The Morgan fingerprint density at radius 1 is 1.20 bits per heavy atom. The van der Waals surface area contributed by atoms with E-state index in [0.29, 0.717) is 23.2 Å². The predicted molar refractivity (Wildman–Crippen MR) is 126 cm³/mol. The summed E-state index contributed by atoms with van der Waals surface area (Å²) in [5.41, 5.74) is 3.38. The fourth-order valence-corrected chi connectivity index (χ4v) is 4.32. The van der Waals surface area contributed by atoms with Crippen LogP contribution in [0.15, 0.2) is 53.9 Å². The molecule has 1 amide bonds. The van der Waals surface area contributed by atoms with Crippen LogP contribution in [-0.2, 0) is 4.74 Å². The number of nitrogens with zero attached hydrogens (tertiary/aromatic N) is 1. The molecule has 6 heteroatoms. The van der Waals surface area contributed by atoms with Crippen molar-refractivity contribution in [1.82, 2.24) is 4.98 Å². The number of amides is 1. The average molecular weight is 443 g/mol. The van der Waals surface area contributed by atoms with Gasteiger partial charge in [0.25, 0.3) is 0 Å². The molecule has 0 spiro atoms. The van der Waals surface area contributed by atoms with Gasteiger partial charge in [0.05, 0.1) is 17.3 Å². The van der Waals surface area contributed by atoms with Gasteiger partial charge in [-0.05, 0) is 30.5 Å². The van der Waals surface area contributed by atoms with E-state index in [1.54, 1.807) is 11.3 Å². The normalized spacial score (nSPS) is 11.8. The molecule has 0 aliphatic carbocycles. The van der Waals surface area contributed by atoms with Gasteiger partial charge >= 0.3 is 6.09 Å². The SMILES string of the molecule is CCCCC(CC)COC(=O)Nc1cccc(-c2csc(-c3ccccc3Cl)n2)c1. The van der Waals surface area contributed by atoms with Crippen molar-refractivity contribution < 1.29 is 9.53 Å². The van der Waals surface area contributed by atoms with Crippen LogP contribution in [0.3, 0.4) is 0 Å². The summed E-state index contributed by atoms with van der Waals surface area (Å²) in [4.78, 5) is 16.9. The average Bonchev–Trinajstić information content (AvgIpc) is 3.24. The number of carbonyl (C=O) groups excluding carboxylic acids is 1. The van der Waals surface area contributed by atoms with Gasteiger partial charge in [0.1, 0.15) is 5.01 Å². The molecule has 1 aromatic heterocycles. The van der Waals surface area contributed by atoms with Crippen LogP contribution in [0.1, 0.15) is 39.5 Å². The Kier molecular flexibility index (Phi) is 8.29. The van der Waals surface area contributed by atoms with E-state index in [9.17, 15) is 4.79 Å². The van der Waals surface area contributed by atoms with Crippen molar-refractivity contribution in [2.24, 2.45) is 5.92 Å². The van der Waals surface area contributed by atoms with Gasteiger partial charge in [-0.15, -0.1) is 11.3 Å². The molecular formula is C24H27ClN2O2S. The number of benzene rings is 2. The zero-order valence-corrected chi connectivity index (χ0v) is 18.9. The Hall–Kier alpha value is -2.37. The molecule has 0 aliphatic rings. The third-order valence-corrected chi connectivity index (χ3v) is 6.21. The summed E-state index contributed by atoms with van der Waals surface area (Å²) in [5, 5.41) is 6.37. The molecule has 1 atom stereocenters. The minimum absolute atomic E-state index is 0.417. The largest absolute Gasteiger partial charge is 0.449 e. The van der Waals surface area contributed by atoms with Crippen molar-refractivity contribution in [3.63, 3.8) is 0 Å². The van der Waals surface area contributed by atoms with Crippen molar-refractivity contribution in [1.29, 1.82) is 0 Å². The van der Waals surface area contributed by atoms with Gasteiger partial charge in [-0.25, -0.2) is 9.78 Å². The highest BCUT2D eigenvalue weighted by molar-refractivity contribution is 7.13. The number of ether oxygens (including phenoxy) is 1. The molecule has 0 saturated heterocycles. The van der Waals surface area contributed by atoms with Crippen LogP contribution in [-0.4, -0.2) is 17.7 Å². The molecule has 0 radical (unpaired) electrons. The van der Waals surface area contributed by atoms with Gasteiger partial charge in [-0.2, -0.15) is 0 Å². The third kappa shape index (κ3) is 6.07. The number of carbonyl (C=O) groups is 1. The fraction of sp³-hybridized carbons (Fsp3) is 0.333. The lowest BCUT2D eigenvalue weighted by molar-refractivity contribution is 0.136. The van der Waals surface area contributed by atoms with Crippen LogP contribution >= 0.6 is 22.9 Å². The monoisotopic (exact) mass is 442 g/mol. The first kappa shape index (κ1) is 22.3. The lowest BCUT2D eigenvalue weighted by Crippen LogP contribution is -2.18. The number of unbranched alkanes of at least 4 members (excludes halogenated alkanes) is 1. The smallest absolute Gasteiger partial charge is 0.411 e. The van der Waals surface area contributed by atoms with E-state index >= 15 is 0 Å². The van der Waals surface area contributed by atoms with Crippen LogP contribution in [0.25, 0.3) is 21.8 Å². The Morgan fingerprint density at radius 2 is 2.03 bits per heavy atom. The minimum Gasteiger partial charge on any atom is -0.449 e. The first-order valence-corrected chi connectivity index (χ1v) is 11.6. The number of hydrogen-bond acceptors (Lipinski definition) is 4. The summed E-state index contributed by atoms with van der Waals surface area (Å²) < 4.78 is 5.44. The number of nitrogens with one attached hydrogen (secondary N) is 1. The topological polar surface area (TPSA) is 51.2 Å². The summed E-state index contributed by atoms with van der Waals surface area (Å²) in [6.45, 7) is 4.76. The molecule has 4 nitrogen and oxygen atoms in total. The number of halogens is 1. The highest BCUT2D eigenvalue weighted by Gasteiger charge is 2.12. The molecule has 0 saturated carbocycles. The molecule has 1 unspecified atom stereocenters. The molecule has 0 fully saturated rings. The Labute approximate surface area is 187 Å². The molecule has 30 heavy (non-hydrogen) atoms. The van der Waals surface area contributed by atoms with Crippen molar-refractivity contribution >= 4 is 34.7 Å². The lowest BCUT2D eigenvalue weighted by Gasteiger charge is -2.15. The van der Waals surface area contributed by atoms with Gasteiger partial charge in [-0.3, -0.25) is 5.32 Å². The predicted octanol–water partition coefficient (Wildman–Crippen LogP) is 7.90. The van der Waals surface area contributed by atoms with Crippen LogP contribution in [0, 0.1) is 5.92 Å². The lowest BCUT2D eigenvalue weighted by atomic mass is 10.0. The number of anilines is 1. The maximum Gasteiger partial charge on any atom is 0.411 e. The Balaban J connectivity index is 1.64. The molecule has 2 aromatic carbocycles. The maximum absolute atomic E-state index is 12.2. The summed E-state index contributed by atoms with van der Waals surface area (Å²) in [6.07, 6.45) is 4.00. The molecule has 3 rings (SSSR count). The highest BCUT2D eigenvalue weighted by atomic mass is 35.5. The first-order chi connectivity index (χ1) is 14.6. The van der Waals surface area contributed by atoms with Crippen molar-refractivity contribution in [3.8, 4) is 21.8 Å². The molecule has 158 valence electrons. The summed E-state index contributed by atoms with van der Waals surface area (Å²) in [7, 11) is 0. The van der Waals surface area contributed by atoms with E-state index in [0.717, 1.165) is 47.5 Å². The number of thiazole rings is 1. The molecule has 0 aliphatic heterocycles. The number of hydrogen-bond donors (Lipinski definition) is 1. The van der Waals surface area contributed by atoms with E-state index in [1.807, 2.05) is 53.9 Å². The van der Waals surface area contributed by atoms with E-state index in [2.05, 4.69) is 19.2 Å². The van der Waals surface area contributed by atoms with Crippen molar-refractivity contribution in [2.75, 3.05) is 11.9 Å². The summed E-state index contributed by atoms with van der Waals surface area (Å²) in [6, 6.07) is 15.3. The minimum atomic E-state index is -0.419. The highest BCUT2D eigenvalue weighted by Crippen LogP contribution is 2.33. The Bertz CT molecular complexity index is 973. The van der Waals surface area contributed by atoms with Crippen LogP contribution in [0.4, 0.5) is 10.5 Å².